The molecule has 0 aromatic rings. The van der Waals surface area contributed by atoms with Crippen molar-refractivity contribution in [1.29, 1.82) is 0 Å². The van der Waals surface area contributed by atoms with E-state index in [0.29, 0.717) is 28.9 Å². The quantitative estimate of drug-likeness (QED) is 0.356. The summed E-state index contributed by atoms with van der Waals surface area (Å²) in [5.41, 5.74) is 10.1. The van der Waals surface area contributed by atoms with Gasteiger partial charge in [-0.2, -0.15) is 11.8 Å². The predicted molar refractivity (Wildman–Crippen MR) is 113 cm³/mol. The predicted octanol–water partition coefficient (Wildman–Crippen LogP) is 2.20. The monoisotopic (exact) mass is 428 g/mol. The molecule has 2 rings (SSSR count). The van der Waals surface area contributed by atoms with Crippen molar-refractivity contribution < 1.29 is 24.2 Å². The van der Waals surface area contributed by atoms with Crippen LogP contribution < -0.4 is 11.5 Å². The molecule has 2 aliphatic rings. The highest BCUT2D eigenvalue weighted by molar-refractivity contribution is 8.00. The zero-order valence-corrected chi connectivity index (χ0v) is 18.6. The van der Waals surface area contributed by atoms with Crippen LogP contribution in [0.5, 0.6) is 0 Å². The van der Waals surface area contributed by atoms with Gasteiger partial charge < -0.3 is 21.3 Å². The molecule has 0 bridgehead atoms. The van der Waals surface area contributed by atoms with Gasteiger partial charge in [0.05, 0.1) is 19.6 Å². The van der Waals surface area contributed by atoms with E-state index in [1.54, 1.807) is 11.8 Å². The van der Waals surface area contributed by atoms with Gasteiger partial charge in [-0.25, -0.2) is 4.79 Å². The van der Waals surface area contributed by atoms with Crippen LogP contribution in [0.3, 0.4) is 0 Å². The highest BCUT2D eigenvalue weighted by atomic mass is 32.2. The van der Waals surface area contributed by atoms with E-state index in [4.69, 9.17) is 21.3 Å². The van der Waals surface area contributed by atoms with E-state index in [-0.39, 0.29) is 5.75 Å². The van der Waals surface area contributed by atoms with Crippen LogP contribution in [-0.4, -0.2) is 52.5 Å². The lowest BCUT2D eigenvalue weighted by Crippen LogP contribution is -2.63. The van der Waals surface area contributed by atoms with Gasteiger partial charge in [0.1, 0.15) is 0 Å². The van der Waals surface area contributed by atoms with Gasteiger partial charge in [-0.3, -0.25) is 9.59 Å². The number of esters is 1. The molecule has 0 saturated heterocycles. The smallest absolute Gasteiger partial charge is 0.334 e. The molecule has 0 radical (unpaired) electrons. The normalized spacial score (nSPS) is 29.2. The molecule has 2 saturated carbocycles. The number of carbonyl (C=O) groups excluding carboxylic acids is 2. The van der Waals surface area contributed by atoms with Crippen molar-refractivity contribution in [1.82, 2.24) is 0 Å². The largest absolute Gasteiger partial charge is 0.481 e. The third kappa shape index (κ3) is 5.52. The summed E-state index contributed by atoms with van der Waals surface area (Å²) in [6, 6.07) is -1.34. The van der Waals surface area contributed by atoms with Crippen molar-refractivity contribution in [2.45, 2.75) is 75.6 Å². The molecule has 0 aromatic heterocycles. The van der Waals surface area contributed by atoms with Gasteiger partial charge in [0, 0.05) is 11.0 Å². The second-order valence-corrected chi connectivity index (χ2v) is 10.1. The number of nitrogens with two attached hydrogens (primary N) is 2. The third-order valence-electron chi connectivity index (χ3n) is 6.86. The second kappa shape index (κ2) is 10.3. The van der Waals surface area contributed by atoms with Crippen molar-refractivity contribution in [3.63, 3.8) is 0 Å². The number of hydrogen-bond donors (Lipinski definition) is 3. The van der Waals surface area contributed by atoms with Gasteiger partial charge >= 0.3 is 11.9 Å². The summed E-state index contributed by atoms with van der Waals surface area (Å²) in [6.07, 6.45) is 6.58. The summed E-state index contributed by atoms with van der Waals surface area (Å²) < 4.78 is 4.82. The maximum absolute atomic E-state index is 12.9. The van der Waals surface area contributed by atoms with E-state index in [2.05, 4.69) is 13.8 Å². The minimum Gasteiger partial charge on any atom is -0.481 e. The summed E-state index contributed by atoms with van der Waals surface area (Å²) in [7, 11) is 1.18. The number of aliphatic carboxylic acids is 1. The Hall–Kier alpha value is -1.12. The number of thioether (sulfide) groups is 1. The Bertz CT molecular complexity index is 600. The minimum absolute atomic E-state index is 0.0585. The Morgan fingerprint density at radius 2 is 1.69 bits per heavy atom. The van der Waals surface area contributed by atoms with Gasteiger partial charge in [-0.05, 0) is 36.5 Å². The first-order valence-corrected chi connectivity index (χ1v) is 11.7. The number of rotatable bonds is 10. The number of ketones is 1. The van der Waals surface area contributed by atoms with E-state index in [9.17, 15) is 14.4 Å². The summed E-state index contributed by atoms with van der Waals surface area (Å²) >= 11 is 1.59. The zero-order chi connectivity index (χ0) is 21.8. The Balaban J connectivity index is 2.22. The summed E-state index contributed by atoms with van der Waals surface area (Å²) in [5, 5.41) is 9.28. The van der Waals surface area contributed by atoms with Crippen LogP contribution in [0, 0.1) is 23.7 Å². The average Bonchev–Trinajstić information content (AvgIpc) is 3.31. The molecule has 5 N–H and O–H groups in total. The molecule has 0 spiro atoms. The molecule has 0 amide bonds. The Labute approximate surface area is 177 Å². The highest BCUT2D eigenvalue weighted by Crippen LogP contribution is 2.48. The Morgan fingerprint density at radius 1 is 1.14 bits per heavy atom. The number of carbonyl (C=O) groups is 3. The first-order valence-electron chi connectivity index (χ1n) is 10.6. The molecular formula is C21H36N2O5S. The lowest BCUT2D eigenvalue weighted by atomic mass is 9.82. The number of carboxylic acid groups (broad SMARTS) is 1. The van der Waals surface area contributed by atoms with Crippen molar-refractivity contribution in [2.75, 3.05) is 12.9 Å². The Morgan fingerprint density at radius 3 is 2.17 bits per heavy atom. The highest BCUT2D eigenvalue weighted by Gasteiger charge is 2.48. The van der Waals surface area contributed by atoms with Crippen LogP contribution in [0.1, 0.15) is 58.8 Å². The first-order chi connectivity index (χ1) is 13.6. The molecule has 3 unspecified atom stereocenters. The molecule has 0 aliphatic heterocycles. The van der Waals surface area contributed by atoms with Gasteiger partial charge in [0.25, 0.3) is 0 Å². The number of hydrogen-bond acceptors (Lipinski definition) is 7. The molecule has 0 aromatic carbocycles. The van der Waals surface area contributed by atoms with E-state index in [1.165, 1.54) is 32.8 Å². The van der Waals surface area contributed by atoms with Gasteiger partial charge in [-0.1, -0.05) is 39.5 Å². The molecule has 29 heavy (non-hydrogen) atoms. The molecule has 0 heterocycles. The Kier molecular flexibility index (Phi) is 8.55. The van der Waals surface area contributed by atoms with E-state index in [0.717, 1.165) is 12.8 Å². The van der Waals surface area contributed by atoms with Gasteiger partial charge in [0.15, 0.2) is 11.3 Å². The third-order valence-corrected chi connectivity index (χ3v) is 8.57. The van der Waals surface area contributed by atoms with Gasteiger partial charge in [0.2, 0.25) is 0 Å². The van der Waals surface area contributed by atoms with Crippen molar-refractivity contribution in [3.05, 3.63) is 0 Å². The zero-order valence-electron chi connectivity index (χ0n) is 17.8. The van der Waals surface area contributed by atoms with Crippen LogP contribution in [-0.2, 0) is 19.1 Å². The lowest BCUT2D eigenvalue weighted by molar-refractivity contribution is -0.151. The number of methoxy groups -OCH3 is 1. The minimum atomic E-state index is -1.93. The molecule has 2 fully saturated rings. The van der Waals surface area contributed by atoms with Crippen LogP contribution in [0.15, 0.2) is 0 Å². The fourth-order valence-corrected chi connectivity index (χ4v) is 7.24. The lowest BCUT2D eigenvalue weighted by Gasteiger charge is -2.36. The van der Waals surface area contributed by atoms with Crippen LogP contribution in [0.25, 0.3) is 0 Å². The first kappa shape index (κ1) is 24.2. The van der Waals surface area contributed by atoms with Crippen LogP contribution in [0.2, 0.25) is 0 Å². The van der Waals surface area contributed by atoms with Crippen molar-refractivity contribution in [3.8, 4) is 0 Å². The van der Waals surface area contributed by atoms with E-state index < -0.39 is 35.7 Å². The van der Waals surface area contributed by atoms with E-state index >= 15 is 0 Å². The molecule has 7 nitrogen and oxygen atoms in total. The van der Waals surface area contributed by atoms with Crippen molar-refractivity contribution >= 4 is 29.5 Å². The standard InChI is InChI=1S/C21H36N2O5S/c1-12-8-9-13(2)17(12)18(14-6-4-5-7-14)29-11-21(23,20(27)28-3)19(26)15(22)10-16(24)25/h12-15,17-18H,4-11,22-23H2,1-3H3,(H,24,25)/t12?,13?,15-,17?,18?,21+/m0/s1. The fraction of sp³-hybridized carbons (Fsp3) is 0.857. The topological polar surface area (TPSA) is 133 Å². The van der Waals surface area contributed by atoms with Crippen LogP contribution >= 0.6 is 11.8 Å². The van der Waals surface area contributed by atoms with Gasteiger partial charge in [-0.15, -0.1) is 0 Å². The number of ether oxygens (including phenoxy) is 1. The summed E-state index contributed by atoms with van der Waals surface area (Å²) in [5.74, 6) is -0.501. The average molecular weight is 429 g/mol. The molecule has 2 aliphatic carbocycles. The number of Topliss-reactive ketones (excluding diaryl/α,β-unsaturated/α-hetero) is 1. The van der Waals surface area contributed by atoms with Crippen molar-refractivity contribution in [2.24, 2.45) is 35.1 Å². The number of carboxylic acids is 1. The summed E-state index contributed by atoms with van der Waals surface area (Å²) in [4.78, 5) is 36.3. The SMILES string of the molecule is COC(=O)[C@@](N)(CSC(C1CCCC1)C1C(C)CCC1C)C(=O)[C@@H](N)CC(=O)O. The fourth-order valence-electron chi connectivity index (χ4n) is 5.22. The molecule has 8 heteroatoms. The van der Waals surface area contributed by atoms with Crippen LogP contribution in [0.4, 0.5) is 0 Å². The molecule has 5 atom stereocenters. The maximum Gasteiger partial charge on any atom is 0.334 e. The second-order valence-electron chi connectivity index (χ2n) is 8.96. The van der Waals surface area contributed by atoms with E-state index in [1.807, 2.05) is 0 Å². The summed E-state index contributed by atoms with van der Waals surface area (Å²) in [6.45, 7) is 4.58. The molecule has 166 valence electrons. The molecular weight excluding hydrogens is 392 g/mol. The maximum atomic E-state index is 12.9.